The van der Waals surface area contributed by atoms with E-state index in [0.29, 0.717) is 49.0 Å². The molecule has 1 fully saturated rings. The first-order valence-corrected chi connectivity index (χ1v) is 10.4. The molecule has 0 unspecified atom stereocenters. The predicted octanol–water partition coefficient (Wildman–Crippen LogP) is 1.29. The van der Waals surface area contributed by atoms with Gasteiger partial charge < -0.3 is 20.1 Å². The van der Waals surface area contributed by atoms with Crippen LogP contribution in [0.15, 0.2) is 47.4 Å². The van der Waals surface area contributed by atoms with Crippen molar-refractivity contribution in [3.8, 4) is 5.75 Å². The second kappa shape index (κ2) is 7.82. The number of hydrogen-bond donors (Lipinski definition) is 2. The Labute approximate surface area is 167 Å². The number of hydrogen-bond acceptors (Lipinski definition) is 6. The molecule has 10 heteroatoms. The van der Waals surface area contributed by atoms with E-state index < -0.39 is 10.0 Å². The van der Waals surface area contributed by atoms with Crippen LogP contribution in [0.5, 0.6) is 5.75 Å². The third-order valence-electron chi connectivity index (χ3n) is 4.60. The number of ether oxygens (including phenoxy) is 2. The van der Waals surface area contributed by atoms with Gasteiger partial charge in [-0.05, 0) is 36.4 Å². The monoisotopic (exact) mass is 417 g/mol. The molecule has 0 bridgehead atoms. The molecule has 1 saturated heterocycles. The predicted molar refractivity (Wildman–Crippen MR) is 105 cm³/mol. The van der Waals surface area contributed by atoms with Crippen LogP contribution in [0.25, 0.3) is 0 Å². The van der Waals surface area contributed by atoms with Gasteiger partial charge in [-0.15, -0.1) is 0 Å². The molecule has 0 atom stereocenters. The lowest BCUT2D eigenvalue weighted by Gasteiger charge is -2.26. The van der Waals surface area contributed by atoms with Gasteiger partial charge in [-0.25, -0.2) is 8.42 Å². The average molecular weight is 417 g/mol. The number of fused-ring (bicyclic) bond motifs is 1. The lowest BCUT2D eigenvalue weighted by atomic mass is 10.2. The summed E-state index contributed by atoms with van der Waals surface area (Å²) < 4.78 is 37.2. The maximum absolute atomic E-state index is 12.6. The normalized spacial score (nSPS) is 17.0. The fraction of sp³-hybridized carbons (Fsp3) is 0.263. The van der Waals surface area contributed by atoms with Gasteiger partial charge in [0.15, 0.2) is 6.61 Å². The summed E-state index contributed by atoms with van der Waals surface area (Å²) in [6, 6.07) is 10.7. The molecule has 9 nitrogen and oxygen atoms in total. The highest BCUT2D eigenvalue weighted by molar-refractivity contribution is 7.89. The maximum atomic E-state index is 12.6. The topological polar surface area (TPSA) is 114 Å². The number of benzene rings is 2. The van der Waals surface area contributed by atoms with Crippen LogP contribution in [0, 0.1) is 0 Å². The van der Waals surface area contributed by atoms with Gasteiger partial charge in [0.25, 0.3) is 11.8 Å². The quantitative estimate of drug-likeness (QED) is 0.775. The summed E-state index contributed by atoms with van der Waals surface area (Å²) in [7, 11) is -3.61. The van der Waals surface area contributed by atoms with Crippen LogP contribution >= 0.6 is 0 Å². The number of amides is 2. The number of nitrogens with zero attached hydrogens (tertiary/aromatic N) is 1. The van der Waals surface area contributed by atoms with Crippen molar-refractivity contribution in [2.24, 2.45) is 0 Å². The molecular formula is C19H19N3O6S. The highest BCUT2D eigenvalue weighted by Crippen LogP contribution is 2.30. The van der Waals surface area contributed by atoms with Gasteiger partial charge in [0.1, 0.15) is 5.75 Å². The Morgan fingerprint density at radius 3 is 2.52 bits per heavy atom. The molecule has 2 amide bonds. The Bertz CT molecular complexity index is 1050. The van der Waals surface area contributed by atoms with Crippen molar-refractivity contribution in [1.82, 2.24) is 4.31 Å². The molecule has 0 saturated carbocycles. The Kier molecular flexibility index (Phi) is 5.22. The Balaban J connectivity index is 1.46. The van der Waals surface area contributed by atoms with Gasteiger partial charge in [-0.3, -0.25) is 9.59 Å². The van der Waals surface area contributed by atoms with Crippen LogP contribution in [0.4, 0.5) is 11.4 Å². The molecule has 2 aliphatic heterocycles. The highest BCUT2D eigenvalue weighted by atomic mass is 32.2. The standard InChI is InChI=1S/C19H19N3O6S/c23-18-12-28-17-11-14(3-6-16(17)21-18)20-19(24)13-1-4-15(5-2-13)29(25,26)22-7-9-27-10-8-22/h1-6,11H,7-10,12H2,(H,20,24)(H,21,23). The maximum Gasteiger partial charge on any atom is 0.262 e. The number of carbonyl (C=O) groups is 2. The summed E-state index contributed by atoms with van der Waals surface area (Å²) in [5.74, 6) is -0.157. The van der Waals surface area contributed by atoms with E-state index in [1.165, 1.54) is 28.6 Å². The van der Waals surface area contributed by atoms with E-state index in [1.807, 2.05) is 0 Å². The lowest BCUT2D eigenvalue weighted by Crippen LogP contribution is -2.40. The van der Waals surface area contributed by atoms with E-state index in [0.717, 1.165) is 0 Å². The highest BCUT2D eigenvalue weighted by Gasteiger charge is 2.26. The first-order chi connectivity index (χ1) is 13.9. The number of rotatable bonds is 4. The van der Waals surface area contributed by atoms with E-state index in [9.17, 15) is 18.0 Å². The number of carbonyl (C=O) groups excluding carboxylic acids is 2. The number of sulfonamides is 1. The van der Waals surface area contributed by atoms with Gasteiger partial charge in [-0.1, -0.05) is 0 Å². The number of nitrogens with one attached hydrogen (secondary N) is 2. The Morgan fingerprint density at radius 2 is 1.79 bits per heavy atom. The molecule has 2 N–H and O–H groups in total. The molecule has 2 heterocycles. The van der Waals surface area contributed by atoms with Crippen LogP contribution in [-0.2, 0) is 19.6 Å². The first kappa shape index (κ1) is 19.4. The molecule has 2 aliphatic rings. The van der Waals surface area contributed by atoms with Crippen molar-refractivity contribution in [3.63, 3.8) is 0 Å². The fourth-order valence-electron chi connectivity index (χ4n) is 3.07. The fourth-order valence-corrected chi connectivity index (χ4v) is 4.48. The van der Waals surface area contributed by atoms with E-state index in [4.69, 9.17) is 9.47 Å². The molecule has 152 valence electrons. The van der Waals surface area contributed by atoms with Gasteiger partial charge in [0, 0.05) is 30.4 Å². The van der Waals surface area contributed by atoms with Crippen LogP contribution in [-0.4, -0.2) is 57.4 Å². The number of morpholine rings is 1. The Morgan fingerprint density at radius 1 is 1.07 bits per heavy atom. The second-order valence-electron chi connectivity index (χ2n) is 6.54. The van der Waals surface area contributed by atoms with Crippen LogP contribution in [0.2, 0.25) is 0 Å². The zero-order chi connectivity index (χ0) is 20.4. The van der Waals surface area contributed by atoms with Gasteiger partial charge >= 0.3 is 0 Å². The van der Waals surface area contributed by atoms with Crippen molar-refractivity contribution in [1.29, 1.82) is 0 Å². The molecule has 0 aliphatic carbocycles. The van der Waals surface area contributed by atoms with Crippen molar-refractivity contribution >= 4 is 33.2 Å². The second-order valence-corrected chi connectivity index (χ2v) is 8.48. The van der Waals surface area contributed by atoms with Crippen LogP contribution in [0.1, 0.15) is 10.4 Å². The smallest absolute Gasteiger partial charge is 0.262 e. The summed E-state index contributed by atoms with van der Waals surface area (Å²) in [5.41, 5.74) is 1.35. The van der Waals surface area contributed by atoms with E-state index in [1.54, 1.807) is 18.2 Å². The minimum Gasteiger partial charge on any atom is -0.482 e. The SMILES string of the molecule is O=C1COc2cc(NC(=O)c3ccc(S(=O)(=O)N4CCOCC4)cc3)ccc2N1. The lowest BCUT2D eigenvalue weighted by molar-refractivity contribution is -0.118. The van der Waals surface area contributed by atoms with Crippen molar-refractivity contribution in [2.75, 3.05) is 43.5 Å². The van der Waals surface area contributed by atoms with Crippen molar-refractivity contribution in [2.45, 2.75) is 4.90 Å². The summed E-state index contributed by atoms with van der Waals surface area (Å²) in [6.45, 7) is 1.28. The van der Waals surface area contributed by atoms with Gasteiger partial charge in [-0.2, -0.15) is 4.31 Å². The summed E-state index contributed by atoms with van der Waals surface area (Å²) in [5, 5.41) is 5.41. The third kappa shape index (κ3) is 4.09. The number of anilines is 2. The van der Waals surface area contributed by atoms with Crippen LogP contribution in [0.3, 0.4) is 0 Å². The summed E-state index contributed by atoms with van der Waals surface area (Å²) in [6.07, 6.45) is 0. The molecule has 0 spiro atoms. The summed E-state index contributed by atoms with van der Waals surface area (Å²) in [4.78, 5) is 23.9. The molecule has 29 heavy (non-hydrogen) atoms. The molecule has 0 radical (unpaired) electrons. The first-order valence-electron chi connectivity index (χ1n) is 8.99. The molecular weight excluding hydrogens is 398 g/mol. The molecule has 4 rings (SSSR count). The minimum atomic E-state index is -3.61. The van der Waals surface area contributed by atoms with Crippen molar-refractivity contribution in [3.05, 3.63) is 48.0 Å². The zero-order valence-corrected chi connectivity index (χ0v) is 16.2. The Hall–Kier alpha value is -2.95. The largest absolute Gasteiger partial charge is 0.482 e. The van der Waals surface area contributed by atoms with E-state index >= 15 is 0 Å². The van der Waals surface area contributed by atoms with Gasteiger partial charge in [0.2, 0.25) is 10.0 Å². The van der Waals surface area contributed by atoms with Crippen LogP contribution < -0.4 is 15.4 Å². The van der Waals surface area contributed by atoms with Crippen molar-refractivity contribution < 1.29 is 27.5 Å². The zero-order valence-electron chi connectivity index (χ0n) is 15.4. The molecule has 2 aromatic carbocycles. The minimum absolute atomic E-state index is 0.0799. The molecule has 2 aromatic rings. The average Bonchev–Trinajstić information content (AvgIpc) is 2.74. The summed E-state index contributed by atoms with van der Waals surface area (Å²) >= 11 is 0. The van der Waals surface area contributed by atoms with E-state index in [2.05, 4.69) is 10.6 Å². The van der Waals surface area contributed by atoms with E-state index in [-0.39, 0.29) is 23.3 Å². The molecule has 0 aromatic heterocycles. The third-order valence-corrected chi connectivity index (χ3v) is 6.51. The van der Waals surface area contributed by atoms with Gasteiger partial charge in [0.05, 0.1) is 23.8 Å².